The van der Waals surface area contributed by atoms with Gasteiger partial charge in [-0.1, -0.05) is 30.4 Å². The molecule has 1 amide bonds. The minimum atomic E-state index is -0.741. The summed E-state index contributed by atoms with van der Waals surface area (Å²) in [6, 6.07) is 10.8. The maximum absolute atomic E-state index is 15.3. The number of anilines is 2. The highest BCUT2D eigenvalue weighted by Gasteiger charge is 2.27. The minimum Gasteiger partial charge on any atom is -0.444 e. The number of nitrogens with one attached hydrogen (secondary N) is 2. The van der Waals surface area contributed by atoms with Crippen LogP contribution in [0.5, 0.6) is 0 Å². The predicted octanol–water partition coefficient (Wildman–Crippen LogP) is 5.86. The summed E-state index contributed by atoms with van der Waals surface area (Å²) in [5, 5.41) is 5.83. The first-order valence-corrected chi connectivity index (χ1v) is 10.2. The lowest BCUT2D eigenvalue weighted by Gasteiger charge is -2.20. The number of carbonyl (C=O) groups is 1. The first kappa shape index (κ1) is 22.8. The summed E-state index contributed by atoms with van der Waals surface area (Å²) >= 11 is 0. The minimum absolute atomic E-state index is 0.338. The molecule has 2 aromatic carbocycles. The van der Waals surface area contributed by atoms with E-state index in [1.165, 1.54) is 0 Å². The third kappa shape index (κ3) is 6.06. The van der Waals surface area contributed by atoms with E-state index < -0.39 is 23.8 Å². The molecule has 0 aliphatic carbocycles. The first-order chi connectivity index (χ1) is 14.6. The fraction of sp³-hybridized carbons (Fsp3) is 0.375. The highest BCUT2D eigenvalue weighted by atomic mass is 19.1. The molecule has 0 unspecified atom stereocenters. The van der Waals surface area contributed by atoms with Crippen LogP contribution in [-0.4, -0.2) is 24.9 Å². The average Bonchev–Trinajstić information content (AvgIpc) is 3.19. The van der Waals surface area contributed by atoms with Crippen molar-refractivity contribution in [3.8, 4) is 0 Å². The molecule has 0 saturated carbocycles. The Morgan fingerprint density at radius 1 is 1.23 bits per heavy atom. The summed E-state index contributed by atoms with van der Waals surface area (Å²) in [4.78, 5) is 12.0. The van der Waals surface area contributed by atoms with Crippen molar-refractivity contribution >= 4 is 23.0 Å². The van der Waals surface area contributed by atoms with E-state index >= 15 is 4.39 Å². The zero-order valence-corrected chi connectivity index (χ0v) is 18.4. The van der Waals surface area contributed by atoms with Crippen molar-refractivity contribution in [1.29, 1.82) is 0 Å². The van der Waals surface area contributed by atoms with Crippen molar-refractivity contribution in [3.05, 3.63) is 65.5 Å². The van der Waals surface area contributed by atoms with Gasteiger partial charge in [0.05, 0.1) is 24.5 Å². The van der Waals surface area contributed by atoms with Gasteiger partial charge in [-0.25, -0.2) is 9.18 Å². The van der Waals surface area contributed by atoms with E-state index in [1.807, 2.05) is 25.1 Å². The van der Waals surface area contributed by atoms with E-state index in [0.29, 0.717) is 42.3 Å². The monoisotopic (exact) mass is 428 g/mol. The van der Waals surface area contributed by atoms with Crippen molar-refractivity contribution < 1.29 is 23.4 Å². The van der Waals surface area contributed by atoms with Crippen LogP contribution in [0.25, 0.3) is 5.57 Å². The number of ether oxygens (including phenoxy) is 3. The van der Waals surface area contributed by atoms with Crippen LogP contribution in [0.4, 0.5) is 20.6 Å². The van der Waals surface area contributed by atoms with E-state index in [1.54, 1.807) is 39.0 Å². The quantitative estimate of drug-likeness (QED) is 0.603. The van der Waals surface area contributed by atoms with Gasteiger partial charge in [-0.05, 0) is 57.0 Å². The third-order valence-electron chi connectivity index (χ3n) is 4.55. The largest absolute Gasteiger partial charge is 0.444 e. The van der Waals surface area contributed by atoms with Crippen LogP contribution in [0.1, 0.15) is 50.7 Å². The van der Waals surface area contributed by atoms with Gasteiger partial charge in [0.25, 0.3) is 0 Å². The standard InChI is InChI=1S/C24H29FN2O4/c1-15(2)18-9-10-19(21(25)20(18)22-29-11-12-30-22)26-14-16-7-6-8-17(13-16)27-23(28)31-24(3,4)5/h6-10,13,22,26H,1,11-12,14H2,2-5H3,(H,27,28). The third-order valence-corrected chi connectivity index (χ3v) is 4.55. The number of rotatable bonds is 6. The summed E-state index contributed by atoms with van der Waals surface area (Å²) in [5.74, 6) is -0.421. The van der Waals surface area contributed by atoms with Gasteiger partial charge in [0.15, 0.2) is 12.1 Å². The number of carbonyl (C=O) groups excluding carboxylic acids is 1. The lowest BCUT2D eigenvalue weighted by molar-refractivity contribution is -0.0465. The smallest absolute Gasteiger partial charge is 0.412 e. The van der Waals surface area contributed by atoms with Crippen molar-refractivity contribution in [1.82, 2.24) is 0 Å². The van der Waals surface area contributed by atoms with Gasteiger partial charge in [-0.2, -0.15) is 0 Å². The molecule has 31 heavy (non-hydrogen) atoms. The molecule has 1 fully saturated rings. The molecular formula is C24H29FN2O4. The van der Waals surface area contributed by atoms with Gasteiger partial charge in [0, 0.05) is 12.2 Å². The van der Waals surface area contributed by atoms with E-state index in [2.05, 4.69) is 17.2 Å². The molecule has 166 valence electrons. The number of benzene rings is 2. The van der Waals surface area contributed by atoms with Crippen LogP contribution in [0, 0.1) is 5.82 Å². The fourth-order valence-electron chi connectivity index (χ4n) is 3.23. The second-order valence-electron chi connectivity index (χ2n) is 8.42. The molecule has 0 bridgehead atoms. The Bertz CT molecular complexity index is 963. The van der Waals surface area contributed by atoms with E-state index in [0.717, 1.165) is 11.1 Å². The fourth-order valence-corrected chi connectivity index (χ4v) is 3.23. The van der Waals surface area contributed by atoms with E-state index in [-0.39, 0.29) is 0 Å². The van der Waals surface area contributed by atoms with Crippen LogP contribution in [-0.2, 0) is 20.8 Å². The Kier molecular flexibility index (Phi) is 6.97. The number of allylic oxidation sites excluding steroid dienone is 1. The summed E-state index contributed by atoms with van der Waals surface area (Å²) in [6.07, 6.45) is -1.27. The van der Waals surface area contributed by atoms with Crippen LogP contribution in [0.3, 0.4) is 0 Å². The Morgan fingerprint density at radius 2 is 1.94 bits per heavy atom. The Hall–Kier alpha value is -2.90. The maximum atomic E-state index is 15.3. The molecule has 1 aliphatic heterocycles. The second-order valence-corrected chi connectivity index (χ2v) is 8.42. The summed E-state index contributed by atoms with van der Waals surface area (Å²) in [5.41, 5.74) is 2.99. The highest BCUT2D eigenvalue weighted by molar-refractivity contribution is 5.85. The second kappa shape index (κ2) is 9.49. The SMILES string of the molecule is C=C(C)c1ccc(NCc2cccc(NC(=O)OC(C)(C)C)c2)c(F)c1C1OCCO1. The molecule has 0 atom stereocenters. The van der Waals surface area contributed by atoms with Crippen LogP contribution in [0.2, 0.25) is 0 Å². The Balaban J connectivity index is 1.73. The average molecular weight is 429 g/mol. The summed E-state index contributed by atoms with van der Waals surface area (Å²) in [7, 11) is 0. The van der Waals surface area contributed by atoms with Gasteiger partial charge < -0.3 is 19.5 Å². The predicted molar refractivity (Wildman–Crippen MR) is 119 cm³/mol. The molecule has 6 nitrogen and oxygen atoms in total. The molecule has 2 aromatic rings. The lowest BCUT2D eigenvalue weighted by atomic mass is 9.99. The van der Waals surface area contributed by atoms with Gasteiger partial charge in [0.1, 0.15) is 5.60 Å². The number of amides is 1. The van der Waals surface area contributed by atoms with Crippen molar-refractivity contribution in [2.45, 2.75) is 46.1 Å². The lowest BCUT2D eigenvalue weighted by Crippen LogP contribution is -2.27. The molecule has 0 spiro atoms. The van der Waals surface area contributed by atoms with Crippen LogP contribution >= 0.6 is 0 Å². The van der Waals surface area contributed by atoms with Crippen molar-refractivity contribution in [2.75, 3.05) is 23.8 Å². The molecule has 1 aliphatic rings. The molecule has 1 heterocycles. The maximum Gasteiger partial charge on any atom is 0.412 e. The first-order valence-electron chi connectivity index (χ1n) is 10.2. The zero-order valence-electron chi connectivity index (χ0n) is 18.4. The van der Waals surface area contributed by atoms with E-state index in [4.69, 9.17) is 14.2 Å². The molecular weight excluding hydrogens is 399 g/mol. The van der Waals surface area contributed by atoms with Gasteiger partial charge >= 0.3 is 6.09 Å². The van der Waals surface area contributed by atoms with Gasteiger partial charge in [-0.15, -0.1) is 0 Å². The van der Waals surface area contributed by atoms with Crippen molar-refractivity contribution in [3.63, 3.8) is 0 Å². The molecule has 0 aromatic heterocycles. The molecule has 3 rings (SSSR count). The summed E-state index contributed by atoms with van der Waals surface area (Å²) < 4.78 is 31.7. The van der Waals surface area contributed by atoms with Crippen molar-refractivity contribution in [2.24, 2.45) is 0 Å². The van der Waals surface area contributed by atoms with Crippen LogP contribution < -0.4 is 10.6 Å². The summed E-state index contributed by atoms with van der Waals surface area (Å²) in [6.45, 7) is 12.4. The number of hydrogen-bond donors (Lipinski definition) is 2. The highest BCUT2D eigenvalue weighted by Crippen LogP contribution is 2.35. The number of hydrogen-bond acceptors (Lipinski definition) is 5. The Labute approximate surface area is 182 Å². The Morgan fingerprint density at radius 3 is 2.58 bits per heavy atom. The van der Waals surface area contributed by atoms with E-state index in [9.17, 15) is 4.79 Å². The molecule has 7 heteroatoms. The van der Waals surface area contributed by atoms with Gasteiger partial charge in [0.2, 0.25) is 0 Å². The molecule has 0 radical (unpaired) electrons. The zero-order chi connectivity index (χ0) is 22.6. The normalized spacial score (nSPS) is 14.4. The number of halogens is 1. The molecule has 1 saturated heterocycles. The van der Waals surface area contributed by atoms with Gasteiger partial charge in [-0.3, -0.25) is 5.32 Å². The van der Waals surface area contributed by atoms with Crippen LogP contribution in [0.15, 0.2) is 43.0 Å². The topological polar surface area (TPSA) is 68.8 Å². The molecule has 2 N–H and O–H groups in total.